The average molecular weight is 539 g/mol. The lowest BCUT2D eigenvalue weighted by atomic mass is 10.1. The van der Waals surface area contributed by atoms with Crippen molar-refractivity contribution in [1.29, 1.82) is 0 Å². The van der Waals surface area contributed by atoms with E-state index >= 15 is 0 Å². The van der Waals surface area contributed by atoms with Crippen LogP contribution in [0.1, 0.15) is 22.3 Å². The minimum atomic E-state index is -0.581. The van der Waals surface area contributed by atoms with Crippen LogP contribution in [0.2, 0.25) is 0 Å². The summed E-state index contributed by atoms with van der Waals surface area (Å²) in [5.74, 6) is 0. The molecule has 0 bridgehead atoms. The van der Waals surface area contributed by atoms with Crippen molar-refractivity contribution >= 4 is 6.09 Å². The van der Waals surface area contributed by atoms with Gasteiger partial charge in [0, 0.05) is 6.54 Å². The van der Waals surface area contributed by atoms with Crippen LogP contribution in [0.3, 0.4) is 0 Å². The molecular formula is C34H36NO5. The summed E-state index contributed by atoms with van der Waals surface area (Å²) in [5.41, 5.74) is 3.96. The molecule has 0 fully saturated rings. The maximum Gasteiger partial charge on any atom is 0.407 e. The van der Waals surface area contributed by atoms with Gasteiger partial charge in [-0.05, 0) is 29.2 Å². The molecule has 6 nitrogen and oxygen atoms in total. The van der Waals surface area contributed by atoms with Gasteiger partial charge in [-0.2, -0.15) is 0 Å². The highest BCUT2D eigenvalue weighted by Gasteiger charge is 2.30. The Kier molecular flexibility index (Phi) is 11.8. The number of amides is 1. The zero-order valence-electron chi connectivity index (χ0n) is 22.6. The fraction of sp³-hybridized carbons (Fsp3) is 0.235. The van der Waals surface area contributed by atoms with Gasteiger partial charge in [0.2, 0.25) is 0 Å². The van der Waals surface area contributed by atoms with Crippen LogP contribution >= 0.6 is 0 Å². The first-order chi connectivity index (χ1) is 19.7. The zero-order valence-corrected chi connectivity index (χ0v) is 22.6. The molecule has 1 amide bonds. The lowest BCUT2D eigenvalue weighted by molar-refractivity contribution is -0.137. The highest BCUT2D eigenvalue weighted by Crippen LogP contribution is 2.18. The molecule has 4 rings (SSSR count). The Morgan fingerprint density at radius 2 is 0.975 bits per heavy atom. The van der Waals surface area contributed by atoms with E-state index in [9.17, 15) is 4.79 Å². The van der Waals surface area contributed by atoms with E-state index in [4.69, 9.17) is 18.9 Å². The molecule has 0 aromatic heterocycles. The van der Waals surface area contributed by atoms with E-state index in [0.29, 0.717) is 19.8 Å². The van der Waals surface area contributed by atoms with Gasteiger partial charge in [0.15, 0.2) is 0 Å². The van der Waals surface area contributed by atoms with Crippen molar-refractivity contribution in [2.75, 3.05) is 6.54 Å². The van der Waals surface area contributed by atoms with E-state index in [1.807, 2.05) is 121 Å². The Balaban J connectivity index is 1.45. The van der Waals surface area contributed by atoms with Crippen molar-refractivity contribution in [2.45, 2.75) is 44.7 Å². The molecule has 1 N–H and O–H groups in total. The number of ether oxygens (including phenoxy) is 4. The molecule has 40 heavy (non-hydrogen) atoms. The quantitative estimate of drug-likeness (QED) is 0.187. The van der Waals surface area contributed by atoms with Gasteiger partial charge in [0.25, 0.3) is 0 Å². The summed E-state index contributed by atoms with van der Waals surface area (Å²) >= 11 is 0. The second kappa shape index (κ2) is 16.2. The largest absolute Gasteiger partial charge is 0.445 e. The first-order valence-electron chi connectivity index (χ1n) is 13.4. The van der Waals surface area contributed by atoms with Gasteiger partial charge < -0.3 is 24.3 Å². The maximum atomic E-state index is 12.6. The Bertz CT molecular complexity index is 1240. The van der Waals surface area contributed by atoms with E-state index in [0.717, 1.165) is 22.3 Å². The van der Waals surface area contributed by atoms with E-state index < -0.39 is 24.4 Å². The van der Waals surface area contributed by atoms with Crippen LogP contribution in [-0.4, -0.2) is 30.9 Å². The van der Waals surface area contributed by atoms with Gasteiger partial charge in [0.05, 0.1) is 25.9 Å². The lowest BCUT2D eigenvalue weighted by Gasteiger charge is -2.32. The first-order valence-corrected chi connectivity index (χ1v) is 13.4. The number of rotatable bonds is 15. The fourth-order valence-electron chi connectivity index (χ4n) is 4.10. The Morgan fingerprint density at radius 1 is 0.575 bits per heavy atom. The molecule has 4 aromatic rings. The fourth-order valence-corrected chi connectivity index (χ4v) is 4.10. The van der Waals surface area contributed by atoms with Crippen molar-refractivity contribution in [1.82, 2.24) is 5.32 Å². The number of hydrogen-bond donors (Lipinski definition) is 1. The monoisotopic (exact) mass is 538 g/mol. The smallest absolute Gasteiger partial charge is 0.407 e. The SMILES string of the molecule is [CH2][C@@H](OCc1ccccc1)[C@H](OCc1ccccc1)[C@H](CNC(=O)OCc1ccccc1)OCc1ccccc1. The maximum absolute atomic E-state index is 12.6. The predicted octanol–water partition coefficient (Wildman–Crippen LogP) is 6.50. The van der Waals surface area contributed by atoms with Gasteiger partial charge in [-0.15, -0.1) is 0 Å². The third kappa shape index (κ3) is 9.97. The van der Waals surface area contributed by atoms with Crippen LogP contribution in [0.4, 0.5) is 4.79 Å². The van der Waals surface area contributed by atoms with Crippen molar-refractivity contribution in [2.24, 2.45) is 0 Å². The van der Waals surface area contributed by atoms with Crippen LogP contribution in [0.25, 0.3) is 0 Å². The summed E-state index contributed by atoms with van der Waals surface area (Å²) in [6, 6.07) is 39.2. The molecule has 0 spiro atoms. The van der Waals surface area contributed by atoms with E-state index in [2.05, 4.69) is 12.2 Å². The number of carbonyl (C=O) groups excluding carboxylic acids is 1. The molecule has 6 heteroatoms. The van der Waals surface area contributed by atoms with Crippen LogP contribution in [0, 0.1) is 6.92 Å². The zero-order chi connectivity index (χ0) is 27.8. The minimum Gasteiger partial charge on any atom is -0.445 e. The predicted molar refractivity (Wildman–Crippen MR) is 155 cm³/mol. The molecule has 0 aliphatic carbocycles. The topological polar surface area (TPSA) is 66.0 Å². The van der Waals surface area contributed by atoms with Gasteiger partial charge in [-0.3, -0.25) is 0 Å². The number of carbonyl (C=O) groups is 1. The van der Waals surface area contributed by atoms with Crippen LogP contribution in [0.15, 0.2) is 121 Å². The Morgan fingerprint density at radius 3 is 1.45 bits per heavy atom. The molecule has 0 saturated heterocycles. The molecule has 0 saturated carbocycles. The Labute approximate surface area is 236 Å². The van der Waals surface area contributed by atoms with E-state index in [-0.39, 0.29) is 13.2 Å². The van der Waals surface area contributed by atoms with E-state index in [1.54, 1.807) is 0 Å². The standard InChI is InChI=1S/C34H36NO5/c1-27(37-23-28-14-6-2-7-15-28)33(39-25-30-18-10-4-11-19-30)32(38-24-29-16-8-3-9-17-29)22-35-34(36)40-26-31-20-12-5-13-21-31/h2-21,27,32-33H,1,22-26H2,(H,35,36)/t27-,32+,33+/m1/s1. The van der Waals surface area contributed by atoms with Crippen LogP contribution in [-0.2, 0) is 45.4 Å². The van der Waals surface area contributed by atoms with Crippen molar-refractivity contribution in [3.8, 4) is 0 Å². The van der Waals surface area contributed by atoms with Gasteiger partial charge >= 0.3 is 6.09 Å². The summed E-state index contributed by atoms with van der Waals surface area (Å²) in [4.78, 5) is 12.6. The second-order valence-electron chi connectivity index (χ2n) is 9.37. The van der Waals surface area contributed by atoms with Crippen LogP contribution < -0.4 is 5.32 Å². The molecule has 0 unspecified atom stereocenters. The lowest BCUT2D eigenvalue weighted by Crippen LogP contribution is -2.47. The highest BCUT2D eigenvalue weighted by molar-refractivity contribution is 5.67. The number of alkyl carbamates (subject to hydrolysis) is 1. The van der Waals surface area contributed by atoms with E-state index in [1.165, 1.54) is 0 Å². The van der Waals surface area contributed by atoms with Crippen molar-refractivity contribution < 1.29 is 23.7 Å². The summed E-state index contributed by atoms with van der Waals surface area (Å²) < 4.78 is 24.3. The van der Waals surface area contributed by atoms with Gasteiger partial charge in [-0.1, -0.05) is 121 Å². The van der Waals surface area contributed by atoms with Crippen LogP contribution in [0.5, 0.6) is 0 Å². The van der Waals surface area contributed by atoms with Crippen molar-refractivity contribution in [3.05, 3.63) is 151 Å². The second-order valence-corrected chi connectivity index (χ2v) is 9.37. The normalized spacial score (nSPS) is 13.2. The van der Waals surface area contributed by atoms with Crippen molar-refractivity contribution in [3.63, 3.8) is 0 Å². The molecule has 0 aliphatic rings. The molecule has 3 atom stereocenters. The first kappa shape index (κ1) is 29.0. The molecule has 0 aliphatic heterocycles. The minimum absolute atomic E-state index is 0.153. The summed E-state index contributed by atoms with van der Waals surface area (Å²) in [6.07, 6.45) is -2.26. The summed E-state index contributed by atoms with van der Waals surface area (Å²) in [5, 5.41) is 2.85. The summed E-state index contributed by atoms with van der Waals surface area (Å²) in [6.45, 7) is 5.65. The average Bonchev–Trinajstić information content (AvgIpc) is 3.02. The third-order valence-electron chi connectivity index (χ3n) is 6.29. The highest BCUT2D eigenvalue weighted by atomic mass is 16.6. The molecular weight excluding hydrogens is 502 g/mol. The molecule has 1 radical (unpaired) electrons. The Hall–Kier alpha value is -3.97. The van der Waals surface area contributed by atoms with Gasteiger partial charge in [0.1, 0.15) is 18.8 Å². The molecule has 207 valence electrons. The van der Waals surface area contributed by atoms with Gasteiger partial charge in [-0.25, -0.2) is 4.79 Å². The third-order valence-corrected chi connectivity index (χ3v) is 6.29. The number of hydrogen-bond acceptors (Lipinski definition) is 5. The summed E-state index contributed by atoms with van der Waals surface area (Å²) in [7, 11) is 0. The molecule has 0 heterocycles. The number of benzene rings is 4. The molecule has 4 aromatic carbocycles. The number of nitrogens with one attached hydrogen (secondary N) is 1.